The summed E-state index contributed by atoms with van der Waals surface area (Å²) in [6.45, 7) is 12.0. The number of hydrogen-bond acceptors (Lipinski definition) is 5. The molecule has 44 heavy (non-hydrogen) atoms. The van der Waals surface area contributed by atoms with Crippen LogP contribution < -0.4 is 4.74 Å². The minimum atomic E-state index is -3.29. The molecule has 4 rings (SSSR count). The predicted molar refractivity (Wildman–Crippen MR) is 180 cm³/mol. The van der Waals surface area contributed by atoms with Gasteiger partial charge in [-0.05, 0) is 90.7 Å². The molecular weight excluding hydrogens is 587 g/mol. The summed E-state index contributed by atoms with van der Waals surface area (Å²) >= 11 is 0. The minimum absolute atomic E-state index is 0.00946. The summed E-state index contributed by atoms with van der Waals surface area (Å²) in [5.41, 5.74) is 2.94. The van der Waals surface area contributed by atoms with Crippen molar-refractivity contribution in [3.05, 3.63) is 95.6 Å². The lowest BCUT2D eigenvalue weighted by Crippen LogP contribution is -2.43. The maximum atomic E-state index is 13.7. The number of nitrogens with zero attached hydrogens (tertiary/aromatic N) is 1. The first-order chi connectivity index (χ1) is 20.6. The van der Waals surface area contributed by atoms with E-state index in [1.54, 1.807) is 24.3 Å². The molecule has 0 radical (unpaired) electrons. The number of hydrogen-bond donors (Lipinski definition) is 0. The van der Waals surface area contributed by atoms with Gasteiger partial charge >= 0.3 is 0 Å². The Morgan fingerprint density at radius 2 is 1.64 bits per heavy atom. The molecule has 8 heteroatoms. The molecule has 1 saturated carbocycles. The molecule has 0 aromatic heterocycles. The van der Waals surface area contributed by atoms with E-state index >= 15 is 0 Å². The molecule has 3 aromatic rings. The molecule has 238 valence electrons. The van der Waals surface area contributed by atoms with Crippen LogP contribution in [0.25, 0.3) is 0 Å². The lowest BCUT2D eigenvalue weighted by atomic mass is 9.92. The molecule has 6 nitrogen and oxygen atoms in total. The van der Waals surface area contributed by atoms with E-state index in [0.29, 0.717) is 12.5 Å². The maximum absolute atomic E-state index is 13.7. The summed E-state index contributed by atoms with van der Waals surface area (Å²) in [5.74, 6) is 1.21. The van der Waals surface area contributed by atoms with Gasteiger partial charge in [-0.2, -0.15) is 0 Å². The standard InChI is InChI=1S/C36H49NO5SSi/c1-36(2,3)44(6,7)42-32-19-16-29(22-32)23-34(30-14-11-15-31(25-30)41-26-28-12-9-8-10-13-28)37(4)35(38)24-27-17-20-33(21-18-27)43(5,39)40/h8-15,17-18,20-21,25,29,32,34H,16,19,22-24,26H2,1-7H3/t29?,32-,34-/m0/s1. The molecule has 3 aromatic carbocycles. The largest absolute Gasteiger partial charge is 0.489 e. The molecule has 0 saturated heterocycles. The highest BCUT2D eigenvalue weighted by molar-refractivity contribution is 7.90. The van der Waals surface area contributed by atoms with Gasteiger partial charge in [0.05, 0.1) is 17.4 Å². The van der Waals surface area contributed by atoms with Crippen molar-refractivity contribution in [1.29, 1.82) is 0 Å². The average Bonchev–Trinajstić information content (AvgIpc) is 3.40. The third kappa shape index (κ3) is 9.05. The van der Waals surface area contributed by atoms with Crippen molar-refractivity contribution < 1.29 is 22.4 Å². The monoisotopic (exact) mass is 635 g/mol. The van der Waals surface area contributed by atoms with Gasteiger partial charge < -0.3 is 14.1 Å². The van der Waals surface area contributed by atoms with Crippen LogP contribution in [0.15, 0.2) is 83.8 Å². The summed E-state index contributed by atoms with van der Waals surface area (Å²) in [5, 5.41) is 0.167. The van der Waals surface area contributed by atoms with E-state index in [-0.39, 0.29) is 34.4 Å². The Labute approximate surface area is 265 Å². The van der Waals surface area contributed by atoms with Crippen molar-refractivity contribution in [2.45, 2.75) is 94.7 Å². The number of rotatable bonds is 12. The van der Waals surface area contributed by atoms with Gasteiger partial charge in [-0.25, -0.2) is 8.42 Å². The third-order valence-corrected chi connectivity index (χ3v) is 15.0. The fourth-order valence-electron chi connectivity index (χ4n) is 5.66. The molecule has 1 unspecified atom stereocenters. The summed E-state index contributed by atoms with van der Waals surface area (Å²) in [7, 11) is -3.28. The fraction of sp³-hybridized carbons (Fsp3) is 0.472. The van der Waals surface area contributed by atoms with Gasteiger partial charge in [0.2, 0.25) is 5.91 Å². The molecule has 3 atom stereocenters. The van der Waals surface area contributed by atoms with Crippen molar-refractivity contribution in [1.82, 2.24) is 4.90 Å². The topological polar surface area (TPSA) is 72.9 Å². The molecule has 1 amide bonds. The van der Waals surface area contributed by atoms with Crippen molar-refractivity contribution >= 4 is 24.1 Å². The molecular formula is C36H49NO5SSi. The maximum Gasteiger partial charge on any atom is 0.227 e. The molecule has 1 fully saturated rings. The molecule has 0 N–H and O–H groups in total. The number of ether oxygens (including phenoxy) is 1. The highest BCUT2D eigenvalue weighted by Crippen LogP contribution is 2.43. The third-order valence-electron chi connectivity index (χ3n) is 9.38. The molecule has 1 aliphatic carbocycles. The first-order valence-electron chi connectivity index (χ1n) is 15.6. The van der Waals surface area contributed by atoms with E-state index in [2.05, 4.69) is 46.0 Å². The lowest BCUT2D eigenvalue weighted by Gasteiger charge is -2.38. The van der Waals surface area contributed by atoms with Crippen molar-refractivity contribution in [2.24, 2.45) is 5.92 Å². The summed E-state index contributed by atoms with van der Waals surface area (Å²) in [4.78, 5) is 15.8. The lowest BCUT2D eigenvalue weighted by molar-refractivity contribution is -0.131. The highest BCUT2D eigenvalue weighted by Gasteiger charge is 2.41. The van der Waals surface area contributed by atoms with Crippen LogP contribution in [-0.2, 0) is 32.1 Å². The Morgan fingerprint density at radius 1 is 0.955 bits per heavy atom. The van der Waals surface area contributed by atoms with Gasteiger partial charge in [-0.3, -0.25) is 4.79 Å². The molecule has 0 heterocycles. The number of benzene rings is 3. The SMILES string of the molecule is CN(C(=O)Cc1ccc(S(C)(=O)=O)cc1)[C@@H](CC1CC[C@H](O[Si](C)(C)C(C)(C)C)C1)c1cccc(OCc2ccccc2)c1. The molecule has 0 spiro atoms. The Kier molecular flexibility index (Phi) is 10.8. The quantitative estimate of drug-likeness (QED) is 0.189. The van der Waals surface area contributed by atoms with E-state index in [4.69, 9.17) is 9.16 Å². The number of amides is 1. The second-order valence-corrected chi connectivity index (χ2v) is 20.6. The van der Waals surface area contributed by atoms with Gasteiger partial charge in [-0.15, -0.1) is 0 Å². The first kappa shape index (κ1) is 33.9. The molecule has 1 aliphatic rings. The van der Waals surface area contributed by atoms with Gasteiger partial charge in [0.25, 0.3) is 0 Å². The van der Waals surface area contributed by atoms with E-state index in [1.165, 1.54) is 6.26 Å². The van der Waals surface area contributed by atoms with Crippen LogP contribution in [-0.4, -0.2) is 46.9 Å². The van der Waals surface area contributed by atoms with Gasteiger partial charge in [0, 0.05) is 19.4 Å². The van der Waals surface area contributed by atoms with Crippen LogP contribution in [0.2, 0.25) is 18.1 Å². The van der Waals surface area contributed by atoms with Crippen molar-refractivity contribution in [3.8, 4) is 5.75 Å². The molecule has 0 bridgehead atoms. The Bertz CT molecular complexity index is 1500. The summed E-state index contributed by atoms with van der Waals surface area (Å²) < 4.78 is 36.7. The van der Waals surface area contributed by atoms with Crippen LogP contribution in [0.1, 0.15) is 69.2 Å². The smallest absolute Gasteiger partial charge is 0.227 e. The van der Waals surface area contributed by atoms with Gasteiger partial charge in [0.1, 0.15) is 12.4 Å². The average molecular weight is 636 g/mol. The predicted octanol–water partition coefficient (Wildman–Crippen LogP) is 7.99. The zero-order valence-electron chi connectivity index (χ0n) is 27.4. The van der Waals surface area contributed by atoms with Crippen LogP contribution in [0, 0.1) is 5.92 Å². The zero-order chi connectivity index (χ0) is 32.1. The number of carbonyl (C=O) groups excluding carboxylic acids is 1. The normalized spacial score (nSPS) is 18.2. The fourth-order valence-corrected chi connectivity index (χ4v) is 7.69. The number of likely N-dealkylation sites (N-methyl/N-ethyl adjacent to an activating group) is 1. The van der Waals surface area contributed by atoms with E-state index < -0.39 is 18.2 Å². The first-order valence-corrected chi connectivity index (χ1v) is 20.4. The zero-order valence-corrected chi connectivity index (χ0v) is 29.2. The molecule has 0 aliphatic heterocycles. The minimum Gasteiger partial charge on any atom is -0.489 e. The van der Waals surface area contributed by atoms with E-state index in [1.807, 2.05) is 54.4 Å². The number of sulfone groups is 1. The second-order valence-electron chi connectivity index (χ2n) is 13.9. The highest BCUT2D eigenvalue weighted by atomic mass is 32.2. The van der Waals surface area contributed by atoms with E-state index in [9.17, 15) is 13.2 Å². The summed E-state index contributed by atoms with van der Waals surface area (Å²) in [6.07, 6.45) is 5.62. The van der Waals surface area contributed by atoms with Crippen LogP contribution >= 0.6 is 0 Å². The second kappa shape index (κ2) is 14.0. The Morgan fingerprint density at radius 3 is 2.27 bits per heavy atom. The Balaban J connectivity index is 1.52. The van der Waals surface area contributed by atoms with Crippen LogP contribution in [0.5, 0.6) is 5.75 Å². The van der Waals surface area contributed by atoms with Crippen molar-refractivity contribution in [2.75, 3.05) is 13.3 Å². The number of carbonyl (C=O) groups is 1. The van der Waals surface area contributed by atoms with Crippen LogP contribution in [0.3, 0.4) is 0 Å². The Hall–Kier alpha value is -2.94. The van der Waals surface area contributed by atoms with Crippen LogP contribution in [0.4, 0.5) is 0 Å². The summed E-state index contributed by atoms with van der Waals surface area (Å²) in [6, 6.07) is 24.7. The van der Waals surface area contributed by atoms with Gasteiger partial charge in [-0.1, -0.05) is 75.4 Å². The van der Waals surface area contributed by atoms with Crippen molar-refractivity contribution in [3.63, 3.8) is 0 Å². The van der Waals surface area contributed by atoms with E-state index in [0.717, 1.165) is 48.1 Å². The van der Waals surface area contributed by atoms with Gasteiger partial charge in [0.15, 0.2) is 18.2 Å².